The SMILES string of the molecule is CC(CO)(CO)NCc1ccc2cc3ccccc3cc2c1. The van der Waals surface area contributed by atoms with Crippen LogP contribution < -0.4 is 5.32 Å². The maximum Gasteiger partial charge on any atom is 0.0633 e. The van der Waals surface area contributed by atoms with Crippen LogP contribution in [-0.2, 0) is 6.54 Å². The molecule has 0 radical (unpaired) electrons. The normalized spacial score (nSPS) is 12.1. The minimum atomic E-state index is -0.654. The van der Waals surface area contributed by atoms with E-state index in [-0.39, 0.29) is 13.2 Å². The Morgan fingerprint density at radius 3 is 2.05 bits per heavy atom. The molecule has 0 spiro atoms. The standard InChI is InChI=1S/C19H21NO2/c1-19(12-21,13-22)20-11-14-6-7-17-9-15-4-2-3-5-16(15)10-18(17)8-14/h2-10,20-22H,11-13H2,1H3. The van der Waals surface area contributed by atoms with Crippen LogP contribution in [0.5, 0.6) is 0 Å². The first-order valence-electron chi connectivity index (χ1n) is 7.52. The van der Waals surface area contributed by atoms with Gasteiger partial charge in [-0.15, -0.1) is 0 Å². The van der Waals surface area contributed by atoms with E-state index in [4.69, 9.17) is 0 Å². The second-order valence-electron chi connectivity index (χ2n) is 6.11. The van der Waals surface area contributed by atoms with Gasteiger partial charge >= 0.3 is 0 Å². The highest BCUT2D eigenvalue weighted by Crippen LogP contribution is 2.23. The summed E-state index contributed by atoms with van der Waals surface area (Å²) in [7, 11) is 0. The van der Waals surface area contributed by atoms with Gasteiger partial charge in [0.25, 0.3) is 0 Å². The Bertz CT molecular complexity index is 794. The van der Waals surface area contributed by atoms with Gasteiger partial charge in [-0.3, -0.25) is 0 Å². The molecule has 0 saturated heterocycles. The maximum atomic E-state index is 9.33. The van der Waals surface area contributed by atoms with Gasteiger partial charge in [-0.25, -0.2) is 0 Å². The largest absolute Gasteiger partial charge is 0.394 e. The molecule has 3 N–H and O–H groups in total. The molecule has 3 aromatic rings. The Morgan fingerprint density at radius 1 is 0.818 bits per heavy atom. The number of benzene rings is 3. The molecule has 0 bridgehead atoms. The van der Waals surface area contributed by atoms with Crippen molar-refractivity contribution in [1.29, 1.82) is 0 Å². The van der Waals surface area contributed by atoms with Crippen molar-refractivity contribution in [3.63, 3.8) is 0 Å². The van der Waals surface area contributed by atoms with Gasteiger partial charge in [0.15, 0.2) is 0 Å². The zero-order valence-corrected chi connectivity index (χ0v) is 12.7. The highest BCUT2D eigenvalue weighted by atomic mass is 16.3. The molecule has 0 aliphatic carbocycles. The number of fused-ring (bicyclic) bond motifs is 2. The fraction of sp³-hybridized carbons (Fsp3) is 0.263. The summed E-state index contributed by atoms with van der Waals surface area (Å²) < 4.78 is 0. The molecule has 0 amide bonds. The number of aliphatic hydroxyl groups excluding tert-OH is 2. The average molecular weight is 295 g/mol. The quantitative estimate of drug-likeness (QED) is 0.634. The predicted octanol–water partition coefficient (Wildman–Crippen LogP) is 2.83. The lowest BCUT2D eigenvalue weighted by Gasteiger charge is -2.26. The van der Waals surface area contributed by atoms with E-state index in [1.807, 2.05) is 13.0 Å². The average Bonchev–Trinajstić information content (AvgIpc) is 2.57. The first-order chi connectivity index (χ1) is 10.6. The zero-order valence-electron chi connectivity index (χ0n) is 12.7. The van der Waals surface area contributed by atoms with Gasteiger partial charge in [0, 0.05) is 6.54 Å². The Balaban J connectivity index is 1.90. The molecule has 3 aromatic carbocycles. The van der Waals surface area contributed by atoms with Crippen LogP contribution in [0.15, 0.2) is 54.6 Å². The molecule has 114 valence electrons. The summed E-state index contributed by atoms with van der Waals surface area (Å²) >= 11 is 0. The van der Waals surface area contributed by atoms with E-state index in [2.05, 4.69) is 53.8 Å². The first-order valence-corrected chi connectivity index (χ1v) is 7.52. The third-order valence-corrected chi connectivity index (χ3v) is 4.19. The second-order valence-corrected chi connectivity index (χ2v) is 6.11. The van der Waals surface area contributed by atoms with Crippen LogP contribution in [0.2, 0.25) is 0 Å². The van der Waals surface area contributed by atoms with Crippen LogP contribution in [-0.4, -0.2) is 29.0 Å². The molecule has 3 heteroatoms. The molecule has 0 aromatic heterocycles. The first kappa shape index (κ1) is 15.0. The van der Waals surface area contributed by atoms with E-state index in [9.17, 15) is 10.2 Å². The number of hydrogen-bond acceptors (Lipinski definition) is 3. The lowest BCUT2D eigenvalue weighted by molar-refractivity contribution is 0.103. The van der Waals surface area contributed by atoms with Gasteiger partial charge in [0.05, 0.1) is 18.8 Å². The van der Waals surface area contributed by atoms with Crippen molar-refractivity contribution in [2.75, 3.05) is 13.2 Å². The van der Waals surface area contributed by atoms with Crippen LogP contribution in [0.4, 0.5) is 0 Å². The maximum absolute atomic E-state index is 9.33. The number of hydrogen-bond donors (Lipinski definition) is 3. The smallest absolute Gasteiger partial charge is 0.0633 e. The Hall–Kier alpha value is -1.94. The highest BCUT2D eigenvalue weighted by molar-refractivity contribution is 5.98. The molecular weight excluding hydrogens is 274 g/mol. The third-order valence-electron chi connectivity index (χ3n) is 4.19. The Kier molecular flexibility index (Phi) is 4.12. The summed E-state index contributed by atoms with van der Waals surface area (Å²) in [5, 5.41) is 26.8. The van der Waals surface area contributed by atoms with Crippen molar-refractivity contribution in [3.05, 3.63) is 60.2 Å². The summed E-state index contributed by atoms with van der Waals surface area (Å²) in [4.78, 5) is 0. The van der Waals surface area contributed by atoms with Crippen molar-refractivity contribution >= 4 is 21.5 Å². The molecule has 0 atom stereocenters. The van der Waals surface area contributed by atoms with Crippen LogP contribution in [0, 0.1) is 0 Å². The van der Waals surface area contributed by atoms with Gasteiger partial charge in [-0.05, 0) is 52.2 Å². The molecule has 0 saturated carbocycles. The van der Waals surface area contributed by atoms with Crippen LogP contribution in [0.3, 0.4) is 0 Å². The van der Waals surface area contributed by atoms with Gasteiger partial charge in [0.1, 0.15) is 0 Å². The topological polar surface area (TPSA) is 52.5 Å². The van der Waals surface area contributed by atoms with Crippen molar-refractivity contribution in [3.8, 4) is 0 Å². The molecule has 0 aliphatic rings. The number of rotatable bonds is 5. The van der Waals surface area contributed by atoms with Gasteiger partial charge < -0.3 is 15.5 Å². The molecule has 3 nitrogen and oxygen atoms in total. The third kappa shape index (κ3) is 2.97. The van der Waals surface area contributed by atoms with E-state index >= 15 is 0 Å². The zero-order chi connectivity index (χ0) is 15.6. The van der Waals surface area contributed by atoms with E-state index in [0.717, 1.165) is 5.56 Å². The van der Waals surface area contributed by atoms with E-state index < -0.39 is 5.54 Å². The van der Waals surface area contributed by atoms with E-state index in [1.54, 1.807) is 0 Å². The predicted molar refractivity (Wildman–Crippen MR) is 90.9 cm³/mol. The van der Waals surface area contributed by atoms with Crippen molar-refractivity contribution < 1.29 is 10.2 Å². The van der Waals surface area contributed by atoms with E-state index in [0.29, 0.717) is 6.54 Å². The molecule has 0 fully saturated rings. The second kappa shape index (κ2) is 6.05. The summed E-state index contributed by atoms with van der Waals surface area (Å²) in [5.41, 5.74) is 0.481. The van der Waals surface area contributed by atoms with Crippen molar-refractivity contribution in [1.82, 2.24) is 5.32 Å². The molecule has 0 unspecified atom stereocenters. The van der Waals surface area contributed by atoms with Crippen molar-refractivity contribution in [2.45, 2.75) is 19.0 Å². The van der Waals surface area contributed by atoms with Gasteiger partial charge in [-0.2, -0.15) is 0 Å². The molecule has 22 heavy (non-hydrogen) atoms. The fourth-order valence-electron chi connectivity index (χ4n) is 2.58. The van der Waals surface area contributed by atoms with Crippen LogP contribution in [0.25, 0.3) is 21.5 Å². The Morgan fingerprint density at radius 2 is 1.41 bits per heavy atom. The Labute approximate surface area is 130 Å². The minimum absolute atomic E-state index is 0.0955. The number of aliphatic hydroxyl groups is 2. The molecule has 0 aliphatic heterocycles. The van der Waals surface area contributed by atoms with E-state index in [1.165, 1.54) is 21.5 Å². The molecular formula is C19H21NO2. The van der Waals surface area contributed by atoms with Gasteiger partial charge in [-0.1, -0.05) is 36.4 Å². The molecule has 3 rings (SSSR count). The molecule has 0 heterocycles. The van der Waals surface area contributed by atoms with Crippen molar-refractivity contribution in [2.24, 2.45) is 0 Å². The fourth-order valence-corrected chi connectivity index (χ4v) is 2.58. The van der Waals surface area contributed by atoms with Gasteiger partial charge in [0.2, 0.25) is 0 Å². The highest BCUT2D eigenvalue weighted by Gasteiger charge is 2.20. The lowest BCUT2D eigenvalue weighted by atomic mass is 10.0. The summed E-state index contributed by atoms with van der Waals surface area (Å²) in [6, 6.07) is 19.1. The number of nitrogens with one attached hydrogen (secondary N) is 1. The monoisotopic (exact) mass is 295 g/mol. The van der Waals surface area contributed by atoms with Crippen LogP contribution in [0.1, 0.15) is 12.5 Å². The lowest BCUT2D eigenvalue weighted by Crippen LogP contribution is -2.48. The summed E-state index contributed by atoms with van der Waals surface area (Å²) in [6.45, 7) is 2.23. The summed E-state index contributed by atoms with van der Waals surface area (Å²) in [6.07, 6.45) is 0. The minimum Gasteiger partial charge on any atom is -0.394 e. The van der Waals surface area contributed by atoms with Crippen LogP contribution >= 0.6 is 0 Å². The summed E-state index contributed by atoms with van der Waals surface area (Å²) in [5.74, 6) is 0.